The summed E-state index contributed by atoms with van der Waals surface area (Å²) in [6, 6.07) is 4.11. The number of benzene rings is 1. The average molecular weight is 202 g/mol. The van der Waals surface area contributed by atoms with E-state index in [0.29, 0.717) is 11.1 Å². The van der Waals surface area contributed by atoms with Crippen LogP contribution in [0, 0.1) is 12.7 Å². The van der Waals surface area contributed by atoms with Crippen LogP contribution in [0.25, 0.3) is 0 Å². The first-order valence-electron chi connectivity index (χ1n) is 3.81. The minimum absolute atomic E-state index is 0.0287. The van der Waals surface area contributed by atoms with E-state index in [-0.39, 0.29) is 11.6 Å². The lowest BCUT2D eigenvalue weighted by Crippen LogP contribution is -2.02. The van der Waals surface area contributed by atoms with Crippen LogP contribution in [0.5, 0.6) is 0 Å². The van der Waals surface area contributed by atoms with E-state index in [4.69, 9.17) is 0 Å². The molecular weight excluding hydrogens is 191 g/mol. The van der Waals surface area contributed by atoms with Gasteiger partial charge in [-0.3, -0.25) is 0 Å². The minimum Gasteiger partial charge on any atom is -0.229 e. The monoisotopic (exact) mass is 202 g/mol. The molecule has 0 radical (unpaired) electrons. The molecule has 0 spiro atoms. The highest BCUT2D eigenvalue weighted by atomic mass is 32.2. The second-order valence-electron chi connectivity index (χ2n) is 3.14. The first kappa shape index (κ1) is 10.2. The zero-order chi connectivity index (χ0) is 10.1. The van der Waals surface area contributed by atoms with Crippen molar-refractivity contribution >= 4 is 9.84 Å². The fraction of sp³-hybridized carbons (Fsp3) is 0.333. The second kappa shape index (κ2) is 3.46. The van der Waals surface area contributed by atoms with Crippen LogP contribution in [-0.2, 0) is 15.6 Å². The number of aryl methyl sites for hydroxylation is 1. The van der Waals surface area contributed by atoms with E-state index in [1.807, 2.05) is 0 Å². The molecule has 0 aliphatic heterocycles. The van der Waals surface area contributed by atoms with E-state index < -0.39 is 9.84 Å². The third-order valence-corrected chi connectivity index (χ3v) is 2.56. The number of rotatable bonds is 2. The van der Waals surface area contributed by atoms with Crippen LogP contribution in [0.15, 0.2) is 18.2 Å². The molecule has 0 atom stereocenters. The van der Waals surface area contributed by atoms with Crippen molar-refractivity contribution in [3.63, 3.8) is 0 Å². The molecule has 1 rings (SSSR count). The van der Waals surface area contributed by atoms with Gasteiger partial charge in [-0.1, -0.05) is 6.07 Å². The molecule has 0 heterocycles. The van der Waals surface area contributed by atoms with E-state index in [1.54, 1.807) is 6.92 Å². The topological polar surface area (TPSA) is 34.1 Å². The summed E-state index contributed by atoms with van der Waals surface area (Å²) in [7, 11) is -3.03. The van der Waals surface area contributed by atoms with E-state index in [0.717, 1.165) is 6.26 Å². The van der Waals surface area contributed by atoms with E-state index in [9.17, 15) is 12.8 Å². The molecule has 0 unspecified atom stereocenters. The van der Waals surface area contributed by atoms with Crippen molar-refractivity contribution in [1.29, 1.82) is 0 Å². The highest BCUT2D eigenvalue weighted by Gasteiger charge is 2.07. The van der Waals surface area contributed by atoms with Crippen LogP contribution in [-0.4, -0.2) is 14.7 Å². The van der Waals surface area contributed by atoms with Gasteiger partial charge in [0.15, 0.2) is 9.84 Å². The molecule has 0 aromatic heterocycles. The van der Waals surface area contributed by atoms with Crippen molar-refractivity contribution in [1.82, 2.24) is 0 Å². The quantitative estimate of drug-likeness (QED) is 0.731. The van der Waals surface area contributed by atoms with Crippen molar-refractivity contribution in [2.75, 3.05) is 6.26 Å². The van der Waals surface area contributed by atoms with E-state index >= 15 is 0 Å². The van der Waals surface area contributed by atoms with Crippen molar-refractivity contribution in [3.05, 3.63) is 35.1 Å². The van der Waals surface area contributed by atoms with Crippen LogP contribution in [0.4, 0.5) is 4.39 Å². The molecule has 4 heteroatoms. The Labute approximate surface area is 77.3 Å². The summed E-state index contributed by atoms with van der Waals surface area (Å²) in [6.45, 7) is 1.70. The van der Waals surface area contributed by atoms with Crippen LogP contribution in [0.3, 0.4) is 0 Å². The normalized spacial score (nSPS) is 11.6. The van der Waals surface area contributed by atoms with Crippen molar-refractivity contribution in [3.8, 4) is 0 Å². The van der Waals surface area contributed by atoms with Gasteiger partial charge in [0.2, 0.25) is 0 Å². The molecule has 1 aromatic carbocycles. The lowest BCUT2D eigenvalue weighted by atomic mass is 10.1. The molecule has 0 fully saturated rings. The molecule has 13 heavy (non-hydrogen) atoms. The molecule has 0 N–H and O–H groups in total. The van der Waals surface area contributed by atoms with Gasteiger partial charge < -0.3 is 0 Å². The van der Waals surface area contributed by atoms with Crippen LogP contribution in [0.2, 0.25) is 0 Å². The summed E-state index contributed by atoms with van der Waals surface area (Å²) < 4.78 is 34.5. The number of hydrogen-bond donors (Lipinski definition) is 0. The maximum absolute atomic E-state index is 12.6. The Bertz CT molecular complexity index is 410. The largest absolute Gasteiger partial charge is 0.229 e. The Morgan fingerprint density at radius 2 is 2.00 bits per heavy atom. The van der Waals surface area contributed by atoms with Crippen LogP contribution >= 0.6 is 0 Å². The summed E-state index contributed by atoms with van der Waals surface area (Å²) in [5.74, 6) is -0.367. The summed E-state index contributed by atoms with van der Waals surface area (Å²) >= 11 is 0. The lowest BCUT2D eigenvalue weighted by Gasteiger charge is -2.03. The fourth-order valence-electron chi connectivity index (χ4n) is 1.10. The Balaban J connectivity index is 3.04. The second-order valence-corrected chi connectivity index (χ2v) is 5.28. The van der Waals surface area contributed by atoms with Gasteiger partial charge in [0.25, 0.3) is 0 Å². The molecular formula is C9H11FO2S. The Hall–Kier alpha value is -0.900. The molecule has 0 saturated heterocycles. The highest BCUT2D eigenvalue weighted by Crippen LogP contribution is 2.12. The zero-order valence-electron chi connectivity index (χ0n) is 7.54. The molecule has 2 nitrogen and oxygen atoms in total. The Kier molecular flexibility index (Phi) is 2.71. The summed E-state index contributed by atoms with van der Waals surface area (Å²) in [5.41, 5.74) is 1.33. The molecule has 0 aliphatic rings. The third-order valence-electron chi connectivity index (χ3n) is 1.72. The van der Waals surface area contributed by atoms with Gasteiger partial charge in [0, 0.05) is 6.26 Å². The summed E-state index contributed by atoms with van der Waals surface area (Å²) in [6.07, 6.45) is 1.16. The highest BCUT2D eigenvalue weighted by molar-refractivity contribution is 7.89. The summed E-state index contributed by atoms with van der Waals surface area (Å²) in [5, 5.41) is 0. The molecule has 1 aromatic rings. The maximum atomic E-state index is 12.6. The van der Waals surface area contributed by atoms with Gasteiger partial charge in [-0.15, -0.1) is 0 Å². The third kappa shape index (κ3) is 3.14. The Morgan fingerprint density at radius 1 is 1.38 bits per heavy atom. The maximum Gasteiger partial charge on any atom is 0.151 e. The van der Waals surface area contributed by atoms with Gasteiger partial charge in [-0.2, -0.15) is 0 Å². The van der Waals surface area contributed by atoms with Gasteiger partial charge in [-0.25, -0.2) is 12.8 Å². The fourth-order valence-corrected chi connectivity index (χ4v) is 1.99. The summed E-state index contributed by atoms with van der Waals surface area (Å²) in [4.78, 5) is 0. The SMILES string of the molecule is Cc1cc(F)ccc1CS(C)(=O)=O. The zero-order valence-corrected chi connectivity index (χ0v) is 8.36. The predicted molar refractivity (Wildman–Crippen MR) is 49.7 cm³/mol. The minimum atomic E-state index is -3.03. The van der Waals surface area contributed by atoms with Crippen LogP contribution in [0.1, 0.15) is 11.1 Å². The lowest BCUT2D eigenvalue weighted by molar-refractivity contribution is 0.600. The first-order valence-corrected chi connectivity index (χ1v) is 5.87. The van der Waals surface area contributed by atoms with Gasteiger partial charge in [-0.05, 0) is 30.2 Å². The number of sulfone groups is 1. The van der Waals surface area contributed by atoms with E-state index in [2.05, 4.69) is 0 Å². The molecule has 0 bridgehead atoms. The van der Waals surface area contributed by atoms with Crippen LogP contribution < -0.4 is 0 Å². The first-order chi connectivity index (χ1) is 5.88. The molecule has 0 amide bonds. The molecule has 72 valence electrons. The number of hydrogen-bond acceptors (Lipinski definition) is 2. The molecule has 0 aliphatic carbocycles. The average Bonchev–Trinajstić information content (AvgIpc) is 1.93. The van der Waals surface area contributed by atoms with Crippen molar-refractivity contribution in [2.45, 2.75) is 12.7 Å². The number of halogens is 1. The smallest absolute Gasteiger partial charge is 0.151 e. The van der Waals surface area contributed by atoms with E-state index in [1.165, 1.54) is 18.2 Å². The van der Waals surface area contributed by atoms with Gasteiger partial charge in [0.05, 0.1) is 5.75 Å². The van der Waals surface area contributed by atoms with Crippen molar-refractivity contribution in [2.24, 2.45) is 0 Å². The van der Waals surface area contributed by atoms with Crippen molar-refractivity contribution < 1.29 is 12.8 Å². The molecule has 0 saturated carbocycles. The predicted octanol–water partition coefficient (Wildman–Crippen LogP) is 1.68. The Morgan fingerprint density at radius 3 is 2.46 bits per heavy atom. The van der Waals surface area contributed by atoms with Gasteiger partial charge in [0.1, 0.15) is 5.82 Å². The standard InChI is InChI=1S/C9H11FO2S/c1-7-5-9(10)4-3-8(7)6-13(2,11)12/h3-5H,6H2,1-2H3. The van der Waals surface area contributed by atoms with Gasteiger partial charge >= 0.3 is 0 Å².